The quantitative estimate of drug-likeness (QED) is 0.326. The molecule has 1 N–H and O–H groups in total. The number of nitro benzene ring substituents is 1. The number of fused-ring (bicyclic) bond motifs is 1. The molecular weight excluding hydrogens is 474 g/mol. The summed E-state index contributed by atoms with van der Waals surface area (Å²) in [6.45, 7) is 3.17. The summed E-state index contributed by atoms with van der Waals surface area (Å²) in [7, 11) is 3.03. The van der Waals surface area contributed by atoms with E-state index in [1.807, 2.05) is 32.0 Å². The maximum atomic E-state index is 12.9. The number of aryl methyl sites for hydroxylation is 4. The van der Waals surface area contributed by atoms with Crippen molar-refractivity contribution in [3.63, 3.8) is 0 Å². The van der Waals surface area contributed by atoms with Crippen molar-refractivity contribution >= 4 is 57.3 Å². The molecule has 4 rings (SSSR count). The van der Waals surface area contributed by atoms with Crippen LogP contribution in [0.5, 0.6) is 0 Å². The van der Waals surface area contributed by atoms with Crippen LogP contribution in [0.2, 0.25) is 0 Å². The van der Waals surface area contributed by atoms with Crippen molar-refractivity contribution in [1.82, 2.24) is 14.0 Å². The molecule has 1 fully saturated rings. The highest BCUT2D eigenvalue weighted by molar-refractivity contribution is 8.18. The summed E-state index contributed by atoms with van der Waals surface area (Å²) >= 11 is 0.592. The molecule has 1 aliphatic heterocycles. The fourth-order valence-corrected chi connectivity index (χ4v) is 4.76. The van der Waals surface area contributed by atoms with E-state index in [1.165, 1.54) is 41.4 Å². The molecule has 2 heterocycles. The van der Waals surface area contributed by atoms with E-state index in [2.05, 4.69) is 5.32 Å². The highest BCUT2D eigenvalue weighted by atomic mass is 32.2. The lowest BCUT2D eigenvalue weighted by molar-refractivity contribution is -0.385. The van der Waals surface area contributed by atoms with E-state index in [0.29, 0.717) is 28.5 Å². The van der Waals surface area contributed by atoms with Crippen molar-refractivity contribution in [3.8, 4) is 0 Å². The molecule has 0 radical (unpaired) electrons. The van der Waals surface area contributed by atoms with Gasteiger partial charge < -0.3 is 5.32 Å². The molecule has 1 aromatic heterocycles. The van der Waals surface area contributed by atoms with Crippen molar-refractivity contribution < 1.29 is 19.3 Å². The lowest BCUT2D eigenvalue weighted by Crippen LogP contribution is -2.36. The number of benzene rings is 2. The van der Waals surface area contributed by atoms with Crippen LogP contribution in [0, 0.1) is 24.0 Å². The molecular formula is C23H21N5O6S. The first-order chi connectivity index (χ1) is 16.5. The second kappa shape index (κ2) is 8.87. The first-order valence-electron chi connectivity index (χ1n) is 10.4. The van der Waals surface area contributed by atoms with Crippen LogP contribution in [-0.4, -0.2) is 42.6 Å². The molecule has 0 bridgehead atoms. The van der Waals surface area contributed by atoms with Gasteiger partial charge in [0.1, 0.15) is 6.54 Å². The Hall–Kier alpha value is -4.19. The lowest BCUT2D eigenvalue weighted by Gasteiger charge is -2.15. The van der Waals surface area contributed by atoms with E-state index in [1.54, 1.807) is 0 Å². The zero-order chi connectivity index (χ0) is 25.6. The minimum atomic E-state index is -0.729. The van der Waals surface area contributed by atoms with Crippen molar-refractivity contribution in [3.05, 3.63) is 72.5 Å². The van der Waals surface area contributed by atoms with E-state index in [-0.39, 0.29) is 21.8 Å². The van der Waals surface area contributed by atoms with Crippen molar-refractivity contribution in [2.24, 2.45) is 14.1 Å². The van der Waals surface area contributed by atoms with E-state index in [9.17, 15) is 29.3 Å². The molecule has 3 amide bonds. The number of carbonyl (C=O) groups excluding carboxylic acids is 3. The fourth-order valence-electron chi connectivity index (χ4n) is 3.94. The summed E-state index contributed by atoms with van der Waals surface area (Å²) in [4.78, 5) is 62.0. The summed E-state index contributed by atoms with van der Waals surface area (Å²) in [6.07, 6.45) is 1.24. The molecule has 0 aliphatic carbocycles. The number of hydrogen-bond acceptors (Lipinski definition) is 7. The van der Waals surface area contributed by atoms with Crippen molar-refractivity contribution in [2.45, 2.75) is 13.8 Å². The fraction of sp³-hybridized carbons (Fsp3) is 0.217. The molecule has 3 aromatic rings. The van der Waals surface area contributed by atoms with Gasteiger partial charge in [-0.25, -0.2) is 4.79 Å². The van der Waals surface area contributed by atoms with Gasteiger partial charge in [0.15, 0.2) is 0 Å². The number of nitrogens with zero attached hydrogens (tertiary/aromatic N) is 4. The highest BCUT2D eigenvalue weighted by Gasteiger charge is 2.37. The van der Waals surface area contributed by atoms with Crippen molar-refractivity contribution in [2.75, 3.05) is 11.9 Å². The summed E-state index contributed by atoms with van der Waals surface area (Å²) in [5.74, 6) is -1.27. The van der Waals surface area contributed by atoms with E-state index in [4.69, 9.17) is 0 Å². The SMILES string of the molecule is Cc1cccc(C)c1NC(=O)CN1C(=O)S/C(=C\c2cc3c(cc2[N+](=O)[O-])n(C)c(=O)n3C)C1=O. The molecule has 1 saturated heterocycles. The standard InChI is InChI=1S/C23H21N5O6S/c1-12-6-5-7-13(2)20(12)24-19(29)11-27-21(30)18(35-23(27)32)9-14-8-16-17(10-15(14)28(33)34)26(4)22(31)25(16)3/h5-10H,11H2,1-4H3,(H,24,29)/b18-9-. The third kappa shape index (κ3) is 4.23. The Morgan fingerprint density at radius 2 is 1.69 bits per heavy atom. The number of imidazole rings is 1. The average molecular weight is 496 g/mol. The topological polar surface area (TPSA) is 137 Å². The minimum Gasteiger partial charge on any atom is -0.324 e. The van der Waals surface area contributed by atoms with Crippen LogP contribution in [-0.2, 0) is 23.7 Å². The Morgan fingerprint density at radius 1 is 1.09 bits per heavy atom. The molecule has 1 aliphatic rings. The Kier molecular flexibility index (Phi) is 6.07. The first kappa shape index (κ1) is 24.0. The maximum absolute atomic E-state index is 12.9. The Balaban J connectivity index is 1.64. The van der Waals surface area contributed by atoms with Gasteiger partial charge in [0, 0.05) is 25.8 Å². The van der Waals surface area contributed by atoms with Gasteiger partial charge in [-0.2, -0.15) is 0 Å². The van der Waals surface area contributed by atoms with Crippen molar-refractivity contribution in [1.29, 1.82) is 0 Å². The predicted octanol–water partition coefficient (Wildman–Crippen LogP) is 3.08. The summed E-state index contributed by atoms with van der Waals surface area (Å²) in [5, 5.41) is 13.8. The van der Waals surface area contributed by atoms with Gasteiger partial charge in [0.25, 0.3) is 16.8 Å². The monoisotopic (exact) mass is 495 g/mol. The zero-order valence-corrected chi connectivity index (χ0v) is 20.1. The summed E-state index contributed by atoms with van der Waals surface area (Å²) in [6, 6.07) is 8.20. The number of rotatable bonds is 5. The van der Waals surface area contributed by atoms with Crippen LogP contribution in [0.25, 0.3) is 17.1 Å². The first-order valence-corrected chi connectivity index (χ1v) is 11.3. The number of para-hydroxylation sites is 1. The molecule has 180 valence electrons. The highest BCUT2D eigenvalue weighted by Crippen LogP contribution is 2.35. The van der Waals surface area contributed by atoms with E-state index >= 15 is 0 Å². The number of anilines is 1. The largest absolute Gasteiger partial charge is 0.328 e. The molecule has 2 aromatic carbocycles. The van der Waals surface area contributed by atoms with Crippen LogP contribution < -0.4 is 11.0 Å². The number of nitrogens with one attached hydrogen (secondary N) is 1. The van der Waals surface area contributed by atoms with Crippen LogP contribution in [0.1, 0.15) is 16.7 Å². The number of imide groups is 1. The van der Waals surface area contributed by atoms with Gasteiger partial charge >= 0.3 is 5.69 Å². The van der Waals surface area contributed by atoms with Gasteiger partial charge in [-0.3, -0.25) is 38.5 Å². The van der Waals surface area contributed by atoms with Gasteiger partial charge in [-0.1, -0.05) is 18.2 Å². The molecule has 0 saturated carbocycles. The van der Waals surface area contributed by atoms with Gasteiger partial charge in [-0.05, 0) is 48.9 Å². The van der Waals surface area contributed by atoms with Crippen LogP contribution in [0.4, 0.5) is 16.2 Å². The Morgan fingerprint density at radius 3 is 2.29 bits per heavy atom. The van der Waals surface area contributed by atoms with Crippen LogP contribution in [0.15, 0.2) is 40.0 Å². The molecule has 12 heteroatoms. The number of hydrogen-bond donors (Lipinski definition) is 1. The second-order valence-electron chi connectivity index (χ2n) is 8.14. The van der Waals surface area contributed by atoms with Gasteiger partial charge in [0.05, 0.1) is 26.4 Å². The minimum absolute atomic E-state index is 0.0572. The van der Waals surface area contributed by atoms with E-state index in [0.717, 1.165) is 16.0 Å². The maximum Gasteiger partial charge on any atom is 0.328 e. The number of carbonyl (C=O) groups is 3. The predicted molar refractivity (Wildman–Crippen MR) is 132 cm³/mol. The molecule has 0 atom stereocenters. The molecule has 35 heavy (non-hydrogen) atoms. The number of thioether (sulfide) groups is 1. The summed E-state index contributed by atoms with van der Waals surface area (Å²) in [5.41, 5.74) is 2.46. The zero-order valence-electron chi connectivity index (χ0n) is 19.3. The average Bonchev–Trinajstić information content (AvgIpc) is 3.18. The normalized spacial score (nSPS) is 14.9. The van der Waals surface area contributed by atoms with Crippen LogP contribution in [0.3, 0.4) is 0 Å². The smallest absolute Gasteiger partial charge is 0.324 e. The Labute approximate surface area is 203 Å². The third-order valence-electron chi connectivity index (χ3n) is 5.82. The number of aromatic nitrogens is 2. The molecule has 0 unspecified atom stereocenters. The summed E-state index contributed by atoms with van der Waals surface area (Å²) < 4.78 is 2.62. The number of amides is 3. The molecule has 11 nitrogen and oxygen atoms in total. The Bertz CT molecular complexity index is 1510. The molecule has 0 spiro atoms. The van der Waals surface area contributed by atoms with Gasteiger partial charge in [0.2, 0.25) is 5.91 Å². The number of nitro groups is 1. The van der Waals surface area contributed by atoms with E-state index < -0.39 is 28.5 Å². The lowest BCUT2D eigenvalue weighted by atomic mass is 10.1. The second-order valence-corrected chi connectivity index (χ2v) is 9.13. The third-order valence-corrected chi connectivity index (χ3v) is 6.73. The van der Waals surface area contributed by atoms with Gasteiger partial charge in [-0.15, -0.1) is 0 Å². The van der Waals surface area contributed by atoms with Crippen LogP contribution >= 0.6 is 11.8 Å².